The van der Waals surface area contributed by atoms with Crippen LogP contribution in [0.1, 0.15) is 75.1 Å². The highest BCUT2D eigenvalue weighted by atomic mass is 19.4. The van der Waals surface area contributed by atoms with Crippen LogP contribution in [0.25, 0.3) is 0 Å². The van der Waals surface area contributed by atoms with Crippen molar-refractivity contribution in [2.24, 2.45) is 5.41 Å². The van der Waals surface area contributed by atoms with Crippen molar-refractivity contribution in [3.63, 3.8) is 0 Å². The summed E-state index contributed by atoms with van der Waals surface area (Å²) in [7, 11) is 0. The molecule has 182 valence electrons. The molecule has 0 radical (unpaired) electrons. The summed E-state index contributed by atoms with van der Waals surface area (Å²) in [6.45, 7) is 12.7. The van der Waals surface area contributed by atoms with Crippen molar-refractivity contribution in [2.75, 3.05) is 5.32 Å². The van der Waals surface area contributed by atoms with Crippen LogP contribution in [0.4, 0.5) is 18.9 Å². The molecule has 1 unspecified atom stereocenters. The largest absolute Gasteiger partial charge is 0.406 e. The molecular weight excluding hydrogens is 429 g/mol. The first-order chi connectivity index (χ1) is 15.3. The van der Waals surface area contributed by atoms with Crippen LogP contribution in [0.5, 0.6) is 0 Å². The summed E-state index contributed by atoms with van der Waals surface area (Å²) in [6, 6.07) is 5.68. The molecule has 0 aliphatic carbocycles. The second-order valence-corrected chi connectivity index (χ2v) is 9.88. The van der Waals surface area contributed by atoms with Crippen molar-refractivity contribution in [2.45, 2.75) is 85.4 Å². The van der Waals surface area contributed by atoms with Gasteiger partial charge in [-0.1, -0.05) is 44.5 Å². The van der Waals surface area contributed by atoms with E-state index in [4.69, 9.17) is 0 Å². The summed E-state index contributed by atoms with van der Waals surface area (Å²) in [6.07, 6.45) is -0.559. The molecule has 0 saturated heterocycles. The number of rotatable bonds is 10. The van der Waals surface area contributed by atoms with Gasteiger partial charge in [0, 0.05) is 24.4 Å². The molecule has 2 aromatic rings. The molecule has 1 amide bonds. The SMILES string of the molecule is C=CCC(CC(=O)Nc1ccc(C)cc1C)c1nnc(CCCC(C)(C)C)n1CC(F)(F)F. The normalized spacial score (nSPS) is 13.1. The Morgan fingerprint density at radius 1 is 1.21 bits per heavy atom. The minimum Gasteiger partial charge on any atom is -0.326 e. The van der Waals surface area contributed by atoms with Gasteiger partial charge >= 0.3 is 6.18 Å². The topological polar surface area (TPSA) is 59.8 Å². The lowest BCUT2D eigenvalue weighted by molar-refractivity contribution is -0.141. The molecule has 1 aromatic carbocycles. The zero-order chi connectivity index (χ0) is 24.8. The first kappa shape index (κ1) is 26.6. The number of aryl methyl sites for hydroxylation is 3. The van der Waals surface area contributed by atoms with Crippen LogP contribution in [-0.2, 0) is 17.8 Å². The van der Waals surface area contributed by atoms with Gasteiger partial charge in [-0.3, -0.25) is 4.79 Å². The molecule has 33 heavy (non-hydrogen) atoms. The molecule has 1 N–H and O–H groups in total. The van der Waals surface area contributed by atoms with E-state index in [0.717, 1.165) is 22.1 Å². The van der Waals surface area contributed by atoms with Crippen LogP contribution in [-0.4, -0.2) is 26.8 Å². The summed E-state index contributed by atoms with van der Waals surface area (Å²) in [5.74, 6) is -0.367. The third kappa shape index (κ3) is 8.67. The Morgan fingerprint density at radius 2 is 1.91 bits per heavy atom. The molecule has 1 heterocycles. The number of hydrogen-bond donors (Lipinski definition) is 1. The summed E-state index contributed by atoms with van der Waals surface area (Å²) >= 11 is 0. The predicted molar refractivity (Wildman–Crippen MR) is 125 cm³/mol. The third-order valence-corrected chi connectivity index (χ3v) is 5.42. The van der Waals surface area contributed by atoms with Crippen LogP contribution in [0.3, 0.4) is 0 Å². The van der Waals surface area contributed by atoms with Gasteiger partial charge in [-0.15, -0.1) is 16.8 Å². The second kappa shape index (κ2) is 11.0. The van der Waals surface area contributed by atoms with E-state index in [1.807, 2.05) is 32.0 Å². The highest BCUT2D eigenvalue weighted by molar-refractivity contribution is 5.92. The molecule has 1 aromatic heterocycles. The number of alkyl halides is 3. The van der Waals surface area contributed by atoms with Crippen LogP contribution in [0, 0.1) is 19.3 Å². The van der Waals surface area contributed by atoms with Crippen LogP contribution in [0.15, 0.2) is 30.9 Å². The highest BCUT2D eigenvalue weighted by Gasteiger charge is 2.33. The fourth-order valence-electron chi connectivity index (χ4n) is 3.82. The Balaban J connectivity index is 2.26. The maximum absolute atomic E-state index is 13.4. The molecule has 1 atom stereocenters. The van der Waals surface area contributed by atoms with E-state index >= 15 is 0 Å². The van der Waals surface area contributed by atoms with E-state index in [1.165, 1.54) is 0 Å². The number of halogens is 3. The van der Waals surface area contributed by atoms with Crippen molar-refractivity contribution in [1.82, 2.24) is 14.8 Å². The molecule has 0 bridgehead atoms. The van der Waals surface area contributed by atoms with E-state index in [1.54, 1.807) is 6.08 Å². The van der Waals surface area contributed by atoms with Crippen molar-refractivity contribution < 1.29 is 18.0 Å². The number of allylic oxidation sites excluding steroid dienone is 1. The molecular formula is C25H35F3N4O. The van der Waals surface area contributed by atoms with Gasteiger partial charge in [-0.2, -0.15) is 13.2 Å². The van der Waals surface area contributed by atoms with Gasteiger partial charge in [0.2, 0.25) is 5.91 Å². The van der Waals surface area contributed by atoms with E-state index < -0.39 is 18.6 Å². The minimum atomic E-state index is -4.42. The van der Waals surface area contributed by atoms with Crippen molar-refractivity contribution in [3.8, 4) is 0 Å². The Labute approximate surface area is 194 Å². The fourth-order valence-corrected chi connectivity index (χ4v) is 3.82. The van der Waals surface area contributed by atoms with E-state index in [9.17, 15) is 18.0 Å². The first-order valence-electron chi connectivity index (χ1n) is 11.3. The third-order valence-electron chi connectivity index (χ3n) is 5.42. The molecule has 0 aliphatic rings. The number of aromatic nitrogens is 3. The van der Waals surface area contributed by atoms with Gasteiger partial charge in [0.05, 0.1) is 0 Å². The molecule has 0 saturated carbocycles. The lowest BCUT2D eigenvalue weighted by Crippen LogP contribution is -2.24. The molecule has 2 rings (SSSR count). The molecule has 0 aliphatic heterocycles. The number of nitrogens with zero attached hydrogens (tertiary/aromatic N) is 3. The van der Waals surface area contributed by atoms with Crippen molar-refractivity contribution >= 4 is 11.6 Å². The number of amides is 1. The lowest BCUT2D eigenvalue weighted by atomic mass is 9.90. The Bertz CT molecular complexity index is 958. The zero-order valence-electron chi connectivity index (χ0n) is 20.2. The molecule has 8 heteroatoms. The summed E-state index contributed by atoms with van der Waals surface area (Å²) in [5, 5.41) is 11.1. The number of carbonyl (C=O) groups is 1. The zero-order valence-corrected chi connectivity index (χ0v) is 20.2. The first-order valence-corrected chi connectivity index (χ1v) is 11.3. The molecule has 0 fully saturated rings. The minimum absolute atomic E-state index is 0.0165. The number of nitrogens with one attached hydrogen (secondary N) is 1. The van der Waals surface area contributed by atoms with Crippen LogP contribution < -0.4 is 5.32 Å². The number of hydrogen-bond acceptors (Lipinski definition) is 3. The summed E-state index contributed by atoms with van der Waals surface area (Å²) in [5.41, 5.74) is 2.76. The maximum Gasteiger partial charge on any atom is 0.406 e. The number of carbonyl (C=O) groups excluding carboxylic acids is 1. The van der Waals surface area contributed by atoms with Crippen molar-refractivity contribution in [3.05, 3.63) is 53.6 Å². The van der Waals surface area contributed by atoms with E-state index in [-0.39, 0.29) is 23.6 Å². The molecule has 0 spiro atoms. The average Bonchev–Trinajstić information content (AvgIpc) is 3.03. The Hall–Kier alpha value is -2.64. The van der Waals surface area contributed by atoms with Gasteiger partial charge in [0.25, 0.3) is 0 Å². The quantitative estimate of drug-likeness (QED) is 0.408. The van der Waals surface area contributed by atoms with Crippen LogP contribution >= 0.6 is 0 Å². The maximum atomic E-state index is 13.4. The second-order valence-electron chi connectivity index (χ2n) is 9.88. The molecule has 5 nitrogen and oxygen atoms in total. The van der Waals surface area contributed by atoms with Gasteiger partial charge in [-0.05, 0) is 50.2 Å². The average molecular weight is 465 g/mol. The number of benzene rings is 1. The Morgan fingerprint density at radius 3 is 2.48 bits per heavy atom. The van der Waals surface area contributed by atoms with Crippen LogP contribution in [0.2, 0.25) is 0 Å². The number of anilines is 1. The van der Waals surface area contributed by atoms with E-state index in [2.05, 4.69) is 42.9 Å². The summed E-state index contributed by atoms with van der Waals surface area (Å²) in [4.78, 5) is 12.8. The fraction of sp³-hybridized carbons (Fsp3) is 0.560. The van der Waals surface area contributed by atoms with Gasteiger partial charge < -0.3 is 9.88 Å². The van der Waals surface area contributed by atoms with Gasteiger partial charge in [0.15, 0.2) is 0 Å². The monoisotopic (exact) mass is 464 g/mol. The van der Waals surface area contributed by atoms with Gasteiger partial charge in [-0.25, -0.2) is 0 Å². The highest BCUT2D eigenvalue weighted by Crippen LogP contribution is 2.29. The smallest absolute Gasteiger partial charge is 0.326 e. The standard InChI is InChI=1S/C25H35F3N4O/c1-7-9-19(15-22(33)29-20-12-11-17(2)14-18(20)3)23-31-30-21(10-8-13-24(4,5)6)32(23)16-25(26,27)28/h7,11-12,14,19H,1,8-10,13,15-16H2,2-6H3,(H,29,33). The van der Waals surface area contributed by atoms with Crippen molar-refractivity contribution in [1.29, 1.82) is 0 Å². The Kier molecular flexibility index (Phi) is 8.86. The lowest BCUT2D eigenvalue weighted by Gasteiger charge is -2.20. The summed E-state index contributed by atoms with van der Waals surface area (Å²) < 4.78 is 41.3. The van der Waals surface area contributed by atoms with E-state index in [0.29, 0.717) is 30.8 Å². The predicted octanol–water partition coefficient (Wildman–Crippen LogP) is 6.51. The van der Waals surface area contributed by atoms with Gasteiger partial charge in [0.1, 0.15) is 18.2 Å².